The fourth-order valence-corrected chi connectivity index (χ4v) is 4.19. The van der Waals surface area contributed by atoms with Gasteiger partial charge in [0.15, 0.2) is 11.5 Å². The highest BCUT2D eigenvalue weighted by atomic mass is 16.5. The molecule has 0 radical (unpaired) electrons. The van der Waals surface area contributed by atoms with Crippen LogP contribution in [0.5, 0.6) is 11.5 Å². The van der Waals surface area contributed by atoms with E-state index in [0.29, 0.717) is 19.2 Å². The van der Waals surface area contributed by atoms with E-state index in [4.69, 9.17) is 9.47 Å². The Hall–Kier alpha value is -1.30. The molecule has 152 valence electrons. The van der Waals surface area contributed by atoms with Gasteiger partial charge in [-0.3, -0.25) is 0 Å². The third-order valence-corrected chi connectivity index (χ3v) is 5.78. The molecule has 27 heavy (non-hydrogen) atoms. The van der Waals surface area contributed by atoms with Crippen molar-refractivity contribution in [2.45, 2.75) is 70.1 Å². The van der Waals surface area contributed by atoms with E-state index in [1.54, 1.807) is 7.11 Å². The Balaban J connectivity index is 1.51. The minimum atomic E-state index is -0.472. The van der Waals surface area contributed by atoms with Crippen molar-refractivity contribution in [2.24, 2.45) is 0 Å². The molecule has 1 saturated heterocycles. The second-order valence-electron chi connectivity index (χ2n) is 8.03. The maximum Gasteiger partial charge on any atom is 0.161 e. The molecule has 1 aliphatic carbocycles. The van der Waals surface area contributed by atoms with Gasteiger partial charge in [-0.1, -0.05) is 31.7 Å². The molecule has 1 aliphatic heterocycles. The van der Waals surface area contributed by atoms with Gasteiger partial charge in [0.05, 0.1) is 7.11 Å². The highest BCUT2D eigenvalue weighted by molar-refractivity contribution is 5.43. The topological polar surface area (TPSA) is 54.0 Å². The zero-order valence-corrected chi connectivity index (χ0v) is 16.8. The minimum absolute atomic E-state index is 0.298. The van der Waals surface area contributed by atoms with Crippen LogP contribution in [0.15, 0.2) is 18.2 Å². The second-order valence-corrected chi connectivity index (χ2v) is 8.03. The highest BCUT2D eigenvalue weighted by Crippen LogP contribution is 2.28. The van der Waals surface area contributed by atoms with E-state index in [2.05, 4.69) is 16.3 Å². The van der Waals surface area contributed by atoms with E-state index >= 15 is 0 Å². The first-order valence-electron chi connectivity index (χ1n) is 10.7. The van der Waals surface area contributed by atoms with Crippen molar-refractivity contribution >= 4 is 0 Å². The number of rotatable bonds is 9. The maximum atomic E-state index is 10.3. The maximum absolute atomic E-state index is 10.3. The number of aliphatic hydroxyl groups excluding tert-OH is 1. The minimum Gasteiger partial charge on any atom is -0.493 e. The SMILES string of the molecule is COc1ccc(CNC2CCCCCC2)cc1OC[C@H](O)CN1CCCC1. The van der Waals surface area contributed by atoms with Gasteiger partial charge in [0.25, 0.3) is 0 Å². The number of nitrogens with zero attached hydrogens (tertiary/aromatic N) is 1. The molecule has 2 fully saturated rings. The summed E-state index contributed by atoms with van der Waals surface area (Å²) in [5.41, 5.74) is 1.20. The van der Waals surface area contributed by atoms with Crippen LogP contribution in [0.2, 0.25) is 0 Å². The summed E-state index contributed by atoms with van der Waals surface area (Å²) in [5.74, 6) is 1.44. The first-order valence-corrected chi connectivity index (χ1v) is 10.7. The molecule has 5 nitrogen and oxygen atoms in total. The van der Waals surface area contributed by atoms with Gasteiger partial charge in [-0.05, 0) is 56.5 Å². The van der Waals surface area contributed by atoms with Crippen LogP contribution in [-0.2, 0) is 6.54 Å². The van der Waals surface area contributed by atoms with Crippen LogP contribution in [0, 0.1) is 0 Å². The largest absolute Gasteiger partial charge is 0.493 e. The molecule has 2 N–H and O–H groups in total. The van der Waals surface area contributed by atoms with Crippen molar-refractivity contribution in [2.75, 3.05) is 33.4 Å². The molecule has 0 unspecified atom stereocenters. The lowest BCUT2D eigenvalue weighted by molar-refractivity contribution is 0.0746. The number of aliphatic hydroxyl groups is 1. The lowest BCUT2D eigenvalue weighted by Crippen LogP contribution is -2.33. The zero-order valence-electron chi connectivity index (χ0n) is 16.8. The normalized spacial score (nSPS) is 20.4. The molecule has 1 aromatic carbocycles. The lowest BCUT2D eigenvalue weighted by atomic mass is 10.1. The van der Waals surface area contributed by atoms with Gasteiger partial charge in [0.2, 0.25) is 0 Å². The van der Waals surface area contributed by atoms with Crippen molar-refractivity contribution < 1.29 is 14.6 Å². The Morgan fingerprint density at radius 1 is 1.07 bits per heavy atom. The van der Waals surface area contributed by atoms with Crippen LogP contribution in [0.4, 0.5) is 0 Å². The van der Waals surface area contributed by atoms with E-state index in [1.807, 2.05) is 12.1 Å². The van der Waals surface area contributed by atoms with Crippen LogP contribution in [0.1, 0.15) is 56.9 Å². The predicted molar refractivity (Wildman–Crippen MR) is 108 cm³/mol. The quantitative estimate of drug-likeness (QED) is 0.648. The van der Waals surface area contributed by atoms with Gasteiger partial charge in [-0.15, -0.1) is 0 Å². The van der Waals surface area contributed by atoms with E-state index < -0.39 is 6.10 Å². The average Bonchev–Trinajstić information content (AvgIpc) is 3.05. The van der Waals surface area contributed by atoms with E-state index in [1.165, 1.54) is 56.9 Å². The summed E-state index contributed by atoms with van der Waals surface area (Å²) in [4.78, 5) is 2.30. The molecule has 0 spiro atoms. The van der Waals surface area contributed by atoms with Gasteiger partial charge >= 0.3 is 0 Å². The number of benzene rings is 1. The Morgan fingerprint density at radius 3 is 2.52 bits per heavy atom. The number of nitrogens with one attached hydrogen (secondary N) is 1. The van der Waals surface area contributed by atoms with Crippen LogP contribution in [-0.4, -0.2) is 55.5 Å². The molecule has 0 amide bonds. The summed E-state index contributed by atoms with van der Waals surface area (Å²) in [6, 6.07) is 6.73. The number of hydrogen-bond acceptors (Lipinski definition) is 5. The number of methoxy groups -OCH3 is 1. The third kappa shape index (κ3) is 6.66. The molecule has 3 rings (SSSR count). The lowest BCUT2D eigenvalue weighted by Gasteiger charge is -2.21. The van der Waals surface area contributed by atoms with Crippen molar-refractivity contribution in [3.05, 3.63) is 23.8 Å². The zero-order chi connectivity index (χ0) is 18.9. The summed E-state index contributed by atoms with van der Waals surface area (Å²) < 4.78 is 11.4. The van der Waals surface area contributed by atoms with Crippen molar-refractivity contribution in [1.82, 2.24) is 10.2 Å². The number of likely N-dealkylation sites (tertiary alicyclic amines) is 1. The van der Waals surface area contributed by atoms with Gasteiger partial charge in [0.1, 0.15) is 12.7 Å². The van der Waals surface area contributed by atoms with E-state index in [0.717, 1.165) is 31.1 Å². The van der Waals surface area contributed by atoms with Crippen LogP contribution in [0.25, 0.3) is 0 Å². The average molecular weight is 377 g/mol. The predicted octanol–water partition coefficient (Wildman–Crippen LogP) is 3.34. The molecule has 5 heteroatoms. The molecule has 2 aliphatic rings. The number of β-amino-alcohol motifs (C(OH)–C–C–N with tert-alkyl or cyclic N) is 1. The van der Waals surface area contributed by atoms with Crippen molar-refractivity contribution in [3.63, 3.8) is 0 Å². The van der Waals surface area contributed by atoms with Gasteiger partial charge in [-0.2, -0.15) is 0 Å². The molecular formula is C22H36N2O3. The summed E-state index contributed by atoms with van der Waals surface area (Å²) in [7, 11) is 1.66. The Morgan fingerprint density at radius 2 is 1.81 bits per heavy atom. The fourth-order valence-electron chi connectivity index (χ4n) is 4.19. The molecule has 1 heterocycles. The molecule has 1 atom stereocenters. The number of hydrogen-bond donors (Lipinski definition) is 2. The van der Waals surface area contributed by atoms with Crippen molar-refractivity contribution in [1.29, 1.82) is 0 Å². The van der Waals surface area contributed by atoms with Crippen LogP contribution < -0.4 is 14.8 Å². The summed E-state index contributed by atoms with van der Waals surface area (Å²) in [6.07, 6.45) is 9.98. The third-order valence-electron chi connectivity index (χ3n) is 5.78. The molecular weight excluding hydrogens is 340 g/mol. The Labute approximate surface area is 164 Å². The molecule has 1 aromatic rings. The van der Waals surface area contributed by atoms with Gasteiger partial charge < -0.3 is 24.8 Å². The summed E-state index contributed by atoms with van der Waals surface area (Å²) in [6.45, 7) is 4.00. The van der Waals surface area contributed by atoms with E-state index in [9.17, 15) is 5.11 Å². The smallest absolute Gasteiger partial charge is 0.161 e. The highest BCUT2D eigenvalue weighted by Gasteiger charge is 2.17. The van der Waals surface area contributed by atoms with Gasteiger partial charge in [-0.25, -0.2) is 0 Å². The first-order chi connectivity index (χ1) is 13.2. The standard InChI is InChI=1S/C22H36N2O3/c1-26-21-11-10-18(15-23-19-8-4-2-3-5-9-19)14-22(21)27-17-20(25)16-24-12-6-7-13-24/h10-11,14,19-20,23,25H,2-9,12-13,15-17H2,1H3/t20-/m1/s1. The first kappa shape index (κ1) is 20.4. The van der Waals surface area contributed by atoms with Gasteiger partial charge in [0, 0.05) is 19.1 Å². The van der Waals surface area contributed by atoms with Crippen LogP contribution >= 0.6 is 0 Å². The second kappa shape index (κ2) is 10.9. The van der Waals surface area contributed by atoms with E-state index in [-0.39, 0.29) is 0 Å². The van der Waals surface area contributed by atoms with Crippen LogP contribution in [0.3, 0.4) is 0 Å². The molecule has 0 aromatic heterocycles. The molecule has 1 saturated carbocycles. The Bertz CT molecular complexity index is 552. The summed E-state index contributed by atoms with van der Waals surface area (Å²) >= 11 is 0. The summed E-state index contributed by atoms with van der Waals surface area (Å²) in [5, 5.41) is 14.0. The number of ether oxygens (including phenoxy) is 2. The van der Waals surface area contributed by atoms with Crippen molar-refractivity contribution in [3.8, 4) is 11.5 Å². The fraction of sp³-hybridized carbons (Fsp3) is 0.727. The molecule has 0 bridgehead atoms. The monoisotopic (exact) mass is 376 g/mol. The Kier molecular flexibility index (Phi) is 8.24.